The molecule has 2 rings (SSSR count). The maximum Gasteiger partial charge on any atom is 0.151 e. The summed E-state index contributed by atoms with van der Waals surface area (Å²) in [5.41, 5.74) is 2.79. The molecule has 0 saturated carbocycles. The van der Waals surface area contributed by atoms with Crippen LogP contribution in [0.2, 0.25) is 0 Å². The van der Waals surface area contributed by atoms with Crippen LogP contribution < -0.4 is 5.32 Å². The van der Waals surface area contributed by atoms with Gasteiger partial charge in [0.2, 0.25) is 0 Å². The average molecular weight is 346 g/mol. The van der Waals surface area contributed by atoms with Gasteiger partial charge in [-0.25, -0.2) is 8.42 Å². The lowest BCUT2D eigenvalue weighted by atomic mass is 9.88. The van der Waals surface area contributed by atoms with Crippen molar-refractivity contribution in [3.63, 3.8) is 0 Å². The molecule has 19 heavy (non-hydrogen) atoms. The van der Waals surface area contributed by atoms with Crippen molar-refractivity contribution >= 4 is 25.8 Å². The van der Waals surface area contributed by atoms with Crippen molar-refractivity contribution < 1.29 is 8.42 Å². The van der Waals surface area contributed by atoms with E-state index in [1.54, 1.807) is 6.92 Å². The van der Waals surface area contributed by atoms with E-state index in [-0.39, 0.29) is 11.5 Å². The highest BCUT2D eigenvalue weighted by Crippen LogP contribution is 2.24. The Hall–Kier alpha value is -0.390. The fraction of sp³-hybridized carbons (Fsp3) is 0.571. The van der Waals surface area contributed by atoms with E-state index in [1.165, 1.54) is 11.1 Å². The van der Waals surface area contributed by atoms with E-state index < -0.39 is 9.84 Å². The molecule has 1 N–H and O–H groups in total. The number of fused-ring (bicyclic) bond motifs is 1. The maximum atomic E-state index is 11.4. The first-order valence-corrected chi connectivity index (χ1v) is 9.33. The molecule has 1 aromatic rings. The largest absolute Gasteiger partial charge is 0.313 e. The van der Waals surface area contributed by atoms with Gasteiger partial charge in [-0.1, -0.05) is 28.9 Å². The Morgan fingerprint density at radius 2 is 2.16 bits per heavy atom. The Kier molecular flexibility index (Phi) is 5.03. The first-order chi connectivity index (χ1) is 9.00. The Morgan fingerprint density at radius 1 is 1.37 bits per heavy atom. The van der Waals surface area contributed by atoms with Gasteiger partial charge in [-0.15, -0.1) is 0 Å². The number of aryl methyl sites for hydroxylation is 1. The second-order valence-electron chi connectivity index (χ2n) is 5.04. The summed E-state index contributed by atoms with van der Waals surface area (Å²) in [6.07, 6.45) is 3.14. The van der Waals surface area contributed by atoms with E-state index in [9.17, 15) is 8.42 Å². The van der Waals surface area contributed by atoms with Gasteiger partial charge < -0.3 is 5.32 Å². The van der Waals surface area contributed by atoms with Gasteiger partial charge in [0, 0.05) is 22.8 Å². The molecule has 0 spiro atoms. The molecular weight excluding hydrogens is 326 g/mol. The standard InChI is InChI=1S/C14H20BrNO2S/c1-2-19(17,18)8-7-16-14-6-4-11-9-13(15)5-3-12(11)10-14/h3,5,9,14,16H,2,4,6-8,10H2,1H3. The van der Waals surface area contributed by atoms with E-state index in [1.807, 2.05) is 0 Å². The molecule has 3 nitrogen and oxygen atoms in total. The summed E-state index contributed by atoms with van der Waals surface area (Å²) in [6, 6.07) is 6.83. The highest BCUT2D eigenvalue weighted by molar-refractivity contribution is 9.10. The van der Waals surface area contributed by atoms with Gasteiger partial charge >= 0.3 is 0 Å². The van der Waals surface area contributed by atoms with Crippen LogP contribution in [-0.4, -0.2) is 32.5 Å². The predicted molar refractivity (Wildman–Crippen MR) is 82.3 cm³/mol. The van der Waals surface area contributed by atoms with Gasteiger partial charge in [-0.3, -0.25) is 0 Å². The van der Waals surface area contributed by atoms with Crippen LogP contribution in [-0.2, 0) is 22.7 Å². The van der Waals surface area contributed by atoms with E-state index in [0.29, 0.717) is 12.6 Å². The predicted octanol–water partition coefficient (Wildman–Crippen LogP) is 2.33. The van der Waals surface area contributed by atoms with Gasteiger partial charge in [0.15, 0.2) is 9.84 Å². The van der Waals surface area contributed by atoms with E-state index in [0.717, 1.165) is 23.7 Å². The second-order valence-corrected chi connectivity index (χ2v) is 8.43. The third kappa shape index (κ3) is 4.29. The topological polar surface area (TPSA) is 46.2 Å². The summed E-state index contributed by atoms with van der Waals surface area (Å²) in [5, 5.41) is 3.38. The zero-order valence-electron chi connectivity index (χ0n) is 11.2. The monoisotopic (exact) mass is 345 g/mol. The lowest BCUT2D eigenvalue weighted by Gasteiger charge is -2.25. The van der Waals surface area contributed by atoms with Crippen molar-refractivity contribution in [1.82, 2.24) is 5.32 Å². The third-order valence-corrected chi connectivity index (χ3v) is 5.88. The summed E-state index contributed by atoms with van der Waals surface area (Å²) in [7, 11) is -2.86. The summed E-state index contributed by atoms with van der Waals surface area (Å²) in [6.45, 7) is 2.26. The maximum absolute atomic E-state index is 11.4. The molecule has 0 aliphatic heterocycles. The van der Waals surface area contributed by atoms with Crippen LogP contribution in [0.3, 0.4) is 0 Å². The van der Waals surface area contributed by atoms with Gasteiger partial charge in [-0.2, -0.15) is 0 Å². The molecule has 1 atom stereocenters. The van der Waals surface area contributed by atoms with E-state index in [2.05, 4.69) is 39.4 Å². The quantitative estimate of drug-likeness (QED) is 0.890. The molecule has 0 fully saturated rings. The third-order valence-electron chi connectivity index (χ3n) is 3.68. The number of rotatable bonds is 5. The normalized spacial score (nSPS) is 19.2. The fourth-order valence-corrected chi connectivity index (χ4v) is 3.59. The lowest BCUT2D eigenvalue weighted by molar-refractivity contribution is 0.469. The van der Waals surface area contributed by atoms with Crippen molar-refractivity contribution in [2.75, 3.05) is 18.1 Å². The molecule has 0 heterocycles. The second kappa shape index (κ2) is 6.37. The van der Waals surface area contributed by atoms with Crippen molar-refractivity contribution in [3.05, 3.63) is 33.8 Å². The van der Waals surface area contributed by atoms with Crippen LogP contribution in [0.15, 0.2) is 22.7 Å². The molecule has 1 aliphatic carbocycles. The van der Waals surface area contributed by atoms with Crippen LogP contribution in [0.4, 0.5) is 0 Å². The van der Waals surface area contributed by atoms with Crippen LogP contribution in [0.5, 0.6) is 0 Å². The van der Waals surface area contributed by atoms with Gasteiger partial charge in [0.25, 0.3) is 0 Å². The first kappa shape index (κ1) is 15.0. The molecule has 5 heteroatoms. The molecular formula is C14H20BrNO2S. The molecule has 1 aromatic carbocycles. The first-order valence-electron chi connectivity index (χ1n) is 6.71. The minimum atomic E-state index is -2.86. The zero-order chi connectivity index (χ0) is 13.9. The highest BCUT2D eigenvalue weighted by Gasteiger charge is 2.18. The fourth-order valence-electron chi connectivity index (χ4n) is 2.46. The molecule has 0 saturated heterocycles. The number of hydrogen-bond donors (Lipinski definition) is 1. The molecule has 0 aromatic heterocycles. The minimum Gasteiger partial charge on any atom is -0.313 e. The van der Waals surface area contributed by atoms with Gasteiger partial charge in [0.1, 0.15) is 0 Å². The SMILES string of the molecule is CCS(=O)(=O)CCNC1CCc2cc(Br)ccc2C1. The minimum absolute atomic E-state index is 0.232. The Balaban J connectivity index is 1.87. The highest BCUT2D eigenvalue weighted by atomic mass is 79.9. The van der Waals surface area contributed by atoms with Gasteiger partial charge in [-0.05, 0) is 42.5 Å². The number of nitrogens with one attached hydrogen (secondary N) is 1. The van der Waals surface area contributed by atoms with E-state index >= 15 is 0 Å². The van der Waals surface area contributed by atoms with Crippen molar-refractivity contribution in [3.8, 4) is 0 Å². The molecule has 0 bridgehead atoms. The summed E-state index contributed by atoms with van der Waals surface area (Å²) in [5.74, 6) is 0.476. The van der Waals surface area contributed by atoms with Crippen LogP contribution in [0.25, 0.3) is 0 Å². The van der Waals surface area contributed by atoms with Crippen LogP contribution in [0.1, 0.15) is 24.5 Å². The summed E-state index contributed by atoms with van der Waals surface area (Å²) >= 11 is 3.49. The number of hydrogen-bond acceptors (Lipinski definition) is 3. The number of sulfone groups is 1. The van der Waals surface area contributed by atoms with Crippen LogP contribution in [0, 0.1) is 0 Å². The Bertz CT molecular complexity index is 542. The molecule has 1 aliphatic rings. The number of benzene rings is 1. The molecule has 106 valence electrons. The Morgan fingerprint density at radius 3 is 2.89 bits per heavy atom. The average Bonchev–Trinajstić information content (AvgIpc) is 2.39. The zero-order valence-corrected chi connectivity index (χ0v) is 13.6. The van der Waals surface area contributed by atoms with Crippen molar-refractivity contribution in [2.24, 2.45) is 0 Å². The molecule has 0 radical (unpaired) electrons. The van der Waals surface area contributed by atoms with Gasteiger partial charge in [0.05, 0.1) is 5.75 Å². The van der Waals surface area contributed by atoms with E-state index in [4.69, 9.17) is 0 Å². The van der Waals surface area contributed by atoms with Crippen molar-refractivity contribution in [2.45, 2.75) is 32.2 Å². The lowest BCUT2D eigenvalue weighted by Crippen LogP contribution is -2.37. The van der Waals surface area contributed by atoms with Crippen LogP contribution >= 0.6 is 15.9 Å². The molecule has 0 amide bonds. The summed E-state index contributed by atoms with van der Waals surface area (Å²) in [4.78, 5) is 0. The Labute approximate surface area is 123 Å². The molecule has 1 unspecified atom stereocenters. The summed E-state index contributed by atoms with van der Waals surface area (Å²) < 4.78 is 24.0. The number of halogens is 1. The van der Waals surface area contributed by atoms with Crippen molar-refractivity contribution in [1.29, 1.82) is 0 Å². The smallest absolute Gasteiger partial charge is 0.151 e.